The van der Waals surface area contributed by atoms with E-state index >= 15 is 0 Å². The summed E-state index contributed by atoms with van der Waals surface area (Å²) in [4.78, 5) is 12.6. The zero-order chi connectivity index (χ0) is 29.3. The first-order chi connectivity index (χ1) is 18.8. The number of sulfonamides is 1. The lowest BCUT2D eigenvalue weighted by atomic mass is 9.92. The molecule has 0 saturated carbocycles. The molecule has 1 N–H and O–H groups in total. The second-order valence-corrected chi connectivity index (χ2v) is 15.0. The van der Waals surface area contributed by atoms with Gasteiger partial charge in [-0.25, -0.2) is 16.8 Å². The van der Waals surface area contributed by atoms with Crippen LogP contribution in [-0.2, 0) is 38.8 Å². The first kappa shape index (κ1) is 30.0. The van der Waals surface area contributed by atoms with Crippen molar-refractivity contribution in [3.05, 3.63) is 106 Å². The summed E-state index contributed by atoms with van der Waals surface area (Å²) in [5.74, 6) is -0.874. The Hall–Kier alpha value is -2.92. The number of hydrogen-bond acceptors (Lipinski definition) is 8. The summed E-state index contributed by atoms with van der Waals surface area (Å²) >= 11 is 0. The normalized spacial score (nSPS) is 17.8. The van der Waals surface area contributed by atoms with Crippen LogP contribution in [0.2, 0.25) is 0 Å². The van der Waals surface area contributed by atoms with E-state index in [4.69, 9.17) is 9.05 Å². The highest BCUT2D eigenvalue weighted by Gasteiger charge is 2.58. The first-order valence-electron chi connectivity index (χ1n) is 12.5. The minimum absolute atomic E-state index is 0.0521. The van der Waals surface area contributed by atoms with Gasteiger partial charge in [0.15, 0.2) is 5.28 Å². The van der Waals surface area contributed by atoms with Crippen LogP contribution in [0.15, 0.2) is 93.6 Å². The van der Waals surface area contributed by atoms with Crippen LogP contribution in [0.3, 0.4) is 0 Å². The molecular formula is C28H30NO8PS2. The van der Waals surface area contributed by atoms with Crippen LogP contribution in [0.4, 0.5) is 0 Å². The van der Waals surface area contributed by atoms with E-state index in [-0.39, 0.29) is 34.1 Å². The van der Waals surface area contributed by atoms with E-state index in [1.54, 1.807) is 52.0 Å². The molecule has 1 unspecified atom stereocenters. The number of rotatable bonds is 10. The quantitative estimate of drug-likeness (QED) is 0.311. The van der Waals surface area contributed by atoms with Crippen LogP contribution in [-0.4, -0.2) is 35.8 Å². The third-order valence-corrected chi connectivity index (χ3v) is 12.4. The lowest BCUT2D eigenvalue weighted by Crippen LogP contribution is -2.48. The Bertz CT molecular complexity index is 1720. The van der Waals surface area contributed by atoms with Gasteiger partial charge in [-0.3, -0.25) is 9.36 Å². The van der Waals surface area contributed by atoms with Gasteiger partial charge in [-0.2, -0.15) is 4.72 Å². The van der Waals surface area contributed by atoms with Crippen molar-refractivity contribution < 1.29 is 35.2 Å². The first-order valence-corrected chi connectivity index (χ1v) is 17.0. The third kappa shape index (κ3) is 5.25. The standard InChI is InChI=1S/C28H30NO8PS2/c1-5-36-38(31,37-6-2)28(29-40(34,35)23-17-13-21(4)14-18-23)19-26(27(30)24-9-7-8-10-25(24)28)39(32,33)22-15-11-20(3)12-16-22/h7-19,29H,5-6H2,1-4H3. The van der Waals surface area contributed by atoms with E-state index in [9.17, 15) is 26.2 Å². The molecule has 1 atom stereocenters. The van der Waals surface area contributed by atoms with Crippen molar-refractivity contribution in [2.24, 2.45) is 0 Å². The van der Waals surface area contributed by atoms with Crippen LogP contribution >= 0.6 is 7.60 Å². The highest BCUT2D eigenvalue weighted by Crippen LogP contribution is 2.66. The SMILES string of the molecule is CCOP(=O)(OCC)C1(NS(=O)(=O)c2ccc(C)cc2)C=C(S(=O)(=O)c2ccc(C)cc2)C(=O)c2ccccc21. The Balaban J connectivity index is 2.10. The predicted octanol–water partition coefficient (Wildman–Crippen LogP) is 5.25. The van der Waals surface area contributed by atoms with Gasteiger partial charge in [0, 0.05) is 11.1 Å². The smallest absolute Gasteiger partial charge is 0.307 e. The van der Waals surface area contributed by atoms with Crippen molar-refractivity contribution in [1.82, 2.24) is 4.72 Å². The fourth-order valence-electron chi connectivity index (χ4n) is 4.45. The molecule has 3 aromatic carbocycles. The highest BCUT2D eigenvalue weighted by molar-refractivity contribution is 7.96. The molecule has 0 saturated heterocycles. The summed E-state index contributed by atoms with van der Waals surface area (Å²) in [5, 5.41) is -2.40. The molecule has 0 spiro atoms. The van der Waals surface area contributed by atoms with Crippen molar-refractivity contribution in [3.63, 3.8) is 0 Å². The van der Waals surface area contributed by atoms with E-state index in [1.807, 2.05) is 0 Å². The summed E-state index contributed by atoms with van der Waals surface area (Å²) in [6.07, 6.45) is 0.880. The molecule has 0 fully saturated rings. The highest BCUT2D eigenvalue weighted by atomic mass is 32.2. The van der Waals surface area contributed by atoms with E-state index in [0.29, 0.717) is 0 Å². The fraction of sp³-hybridized carbons (Fsp3) is 0.250. The number of aryl methyl sites for hydroxylation is 2. The van der Waals surface area contributed by atoms with E-state index in [2.05, 4.69) is 4.72 Å². The minimum atomic E-state index is -4.60. The van der Waals surface area contributed by atoms with Crippen LogP contribution in [0.1, 0.15) is 40.9 Å². The Kier molecular flexibility index (Phi) is 8.38. The van der Waals surface area contributed by atoms with Gasteiger partial charge in [-0.1, -0.05) is 59.7 Å². The number of carbonyl (C=O) groups excluding carboxylic acids is 1. The number of benzene rings is 3. The van der Waals surface area contributed by atoms with Crippen LogP contribution in [0.25, 0.3) is 0 Å². The predicted molar refractivity (Wildman–Crippen MR) is 151 cm³/mol. The van der Waals surface area contributed by atoms with Crippen molar-refractivity contribution in [2.75, 3.05) is 13.2 Å². The van der Waals surface area contributed by atoms with Gasteiger partial charge in [0.2, 0.25) is 25.6 Å². The zero-order valence-electron chi connectivity index (χ0n) is 22.4. The van der Waals surface area contributed by atoms with E-state index in [1.165, 1.54) is 48.5 Å². The Morgan fingerprint density at radius 1 is 0.775 bits per heavy atom. The van der Waals surface area contributed by atoms with Crippen molar-refractivity contribution in [3.8, 4) is 0 Å². The average molecular weight is 604 g/mol. The van der Waals surface area contributed by atoms with Crippen molar-refractivity contribution in [2.45, 2.75) is 42.8 Å². The number of ketones is 1. The fourth-order valence-corrected chi connectivity index (χ4v) is 9.91. The molecule has 0 aliphatic heterocycles. The minimum Gasteiger partial charge on any atom is -0.307 e. The molecule has 0 aromatic heterocycles. The van der Waals surface area contributed by atoms with E-state index < -0.39 is 43.4 Å². The average Bonchev–Trinajstić information content (AvgIpc) is 2.91. The molecule has 0 amide bonds. The number of carbonyl (C=O) groups is 1. The summed E-state index contributed by atoms with van der Waals surface area (Å²) in [7, 11) is -13.6. The molecule has 1 aliphatic carbocycles. The largest absolute Gasteiger partial charge is 0.360 e. The molecule has 0 radical (unpaired) electrons. The van der Waals surface area contributed by atoms with Gasteiger partial charge in [-0.15, -0.1) is 0 Å². The van der Waals surface area contributed by atoms with Gasteiger partial charge in [0.1, 0.15) is 4.91 Å². The number of nitrogens with one attached hydrogen (secondary N) is 1. The number of Topliss-reactive ketones (excluding diaryl/α,β-unsaturated/α-hetero) is 1. The molecule has 3 aromatic rings. The zero-order valence-corrected chi connectivity index (χ0v) is 25.0. The molecule has 12 heteroatoms. The lowest BCUT2D eigenvalue weighted by molar-refractivity contribution is 0.103. The second-order valence-electron chi connectivity index (χ2n) is 9.22. The van der Waals surface area contributed by atoms with Gasteiger partial charge in [-0.05, 0) is 58.0 Å². The summed E-state index contributed by atoms with van der Waals surface area (Å²) in [6, 6.07) is 17.6. The van der Waals surface area contributed by atoms with E-state index in [0.717, 1.165) is 17.2 Å². The summed E-state index contributed by atoms with van der Waals surface area (Å²) < 4.78 is 83.8. The number of allylic oxidation sites excluding steroid dienone is 1. The summed E-state index contributed by atoms with van der Waals surface area (Å²) in [5.41, 5.74) is 1.40. The maximum absolute atomic E-state index is 14.7. The maximum atomic E-state index is 14.7. The number of fused-ring (bicyclic) bond motifs is 1. The maximum Gasteiger partial charge on any atom is 0.360 e. The van der Waals surface area contributed by atoms with Gasteiger partial charge >= 0.3 is 7.60 Å². The Morgan fingerprint density at radius 3 is 1.80 bits per heavy atom. The van der Waals surface area contributed by atoms with Crippen molar-refractivity contribution in [1.29, 1.82) is 0 Å². The lowest BCUT2D eigenvalue weighted by Gasteiger charge is -2.40. The van der Waals surface area contributed by atoms with Crippen LogP contribution < -0.4 is 4.72 Å². The van der Waals surface area contributed by atoms with Gasteiger partial charge in [0.05, 0.1) is 23.0 Å². The monoisotopic (exact) mass is 603 g/mol. The molecule has 4 rings (SSSR count). The molecule has 212 valence electrons. The Labute approximate surface area is 234 Å². The number of sulfone groups is 1. The van der Waals surface area contributed by atoms with Crippen molar-refractivity contribution >= 4 is 33.2 Å². The van der Waals surface area contributed by atoms with Crippen LogP contribution in [0, 0.1) is 13.8 Å². The summed E-state index contributed by atoms with van der Waals surface area (Å²) in [6.45, 7) is 6.34. The molecule has 0 heterocycles. The molecule has 1 aliphatic rings. The molecular weight excluding hydrogens is 573 g/mol. The third-order valence-electron chi connectivity index (χ3n) is 6.42. The second kappa shape index (κ2) is 11.2. The number of hydrogen-bond donors (Lipinski definition) is 1. The van der Waals surface area contributed by atoms with Crippen LogP contribution in [0.5, 0.6) is 0 Å². The topological polar surface area (TPSA) is 133 Å². The molecule has 0 bridgehead atoms. The van der Waals surface area contributed by atoms with Gasteiger partial charge in [0.25, 0.3) is 0 Å². The molecule has 9 nitrogen and oxygen atoms in total. The van der Waals surface area contributed by atoms with Gasteiger partial charge < -0.3 is 9.05 Å². The molecule has 40 heavy (non-hydrogen) atoms. The Morgan fingerprint density at radius 2 is 1.27 bits per heavy atom.